The van der Waals surface area contributed by atoms with Crippen molar-refractivity contribution in [1.82, 2.24) is 0 Å². The third kappa shape index (κ3) is 3.30. The van der Waals surface area contributed by atoms with E-state index in [2.05, 4.69) is 0 Å². The van der Waals surface area contributed by atoms with Gasteiger partial charge in [-0.3, -0.25) is 10.1 Å². The van der Waals surface area contributed by atoms with E-state index in [4.69, 9.17) is 25.8 Å². The van der Waals surface area contributed by atoms with Crippen molar-refractivity contribution in [2.45, 2.75) is 25.7 Å². The van der Waals surface area contributed by atoms with Crippen molar-refractivity contribution < 1.29 is 24.2 Å². The predicted octanol–water partition coefficient (Wildman–Crippen LogP) is 2.48. The van der Waals surface area contributed by atoms with Gasteiger partial charge in [0.25, 0.3) is 0 Å². The predicted molar refractivity (Wildman–Crippen MR) is 70.2 cm³/mol. The van der Waals surface area contributed by atoms with Gasteiger partial charge >= 0.3 is 5.69 Å². The molecule has 0 spiro atoms. The molecule has 1 unspecified atom stereocenters. The highest BCUT2D eigenvalue weighted by Gasteiger charge is 2.33. The van der Waals surface area contributed by atoms with E-state index in [1.807, 2.05) is 0 Å². The van der Waals surface area contributed by atoms with E-state index in [-0.39, 0.29) is 23.5 Å². The SMILES string of the molecule is CC1(C)OCC(COc2cc(Cl)cc([N+](=O)[O-])c2O)O1. The van der Waals surface area contributed by atoms with Crippen LogP contribution in [-0.2, 0) is 9.47 Å². The molecule has 20 heavy (non-hydrogen) atoms. The number of phenols is 1. The minimum Gasteiger partial charge on any atom is -0.500 e. The number of hydrogen-bond donors (Lipinski definition) is 1. The van der Waals surface area contributed by atoms with Crippen molar-refractivity contribution in [2.24, 2.45) is 0 Å². The summed E-state index contributed by atoms with van der Waals surface area (Å²) in [5.41, 5.74) is -0.503. The molecule has 1 aliphatic rings. The van der Waals surface area contributed by atoms with Crippen molar-refractivity contribution in [3.63, 3.8) is 0 Å². The normalized spacial score (nSPS) is 20.9. The molecule has 1 N–H and O–H groups in total. The highest BCUT2D eigenvalue weighted by Crippen LogP contribution is 2.39. The fourth-order valence-electron chi connectivity index (χ4n) is 1.84. The molecule has 0 bridgehead atoms. The Morgan fingerprint density at radius 3 is 2.85 bits per heavy atom. The van der Waals surface area contributed by atoms with Gasteiger partial charge in [-0.15, -0.1) is 0 Å². The fourth-order valence-corrected chi connectivity index (χ4v) is 2.04. The summed E-state index contributed by atoms with van der Waals surface area (Å²) in [4.78, 5) is 10.0. The van der Waals surface area contributed by atoms with E-state index in [0.29, 0.717) is 6.61 Å². The first-order valence-electron chi connectivity index (χ1n) is 5.90. The molecule has 0 radical (unpaired) electrons. The van der Waals surface area contributed by atoms with Gasteiger partial charge in [-0.2, -0.15) is 0 Å². The Morgan fingerprint density at radius 2 is 2.30 bits per heavy atom. The monoisotopic (exact) mass is 303 g/mol. The van der Waals surface area contributed by atoms with Crippen LogP contribution in [0.15, 0.2) is 12.1 Å². The maximum absolute atomic E-state index is 10.8. The molecule has 7 nitrogen and oxygen atoms in total. The lowest BCUT2D eigenvalue weighted by Gasteiger charge is -2.17. The highest BCUT2D eigenvalue weighted by atomic mass is 35.5. The van der Waals surface area contributed by atoms with Gasteiger partial charge in [0.2, 0.25) is 5.75 Å². The summed E-state index contributed by atoms with van der Waals surface area (Å²) in [5, 5.41) is 20.6. The number of phenolic OH excluding ortho intramolecular Hbond substituents is 1. The molecule has 1 heterocycles. The number of ether oxygens (including phenoxy) is 3. The Balaban J connectivity index is 2.08. The van der Waals surface area contributed by atoms with E-state index in [1.165, 1.54) is 6.07 Å². The minimum atomic E-state index is -0.730. The lowest BCUT2D eigenvalue weighted by Crippen LogP contribution is -2.25. The van der Waals surface area contributed by atoms with Crippen LogP contribution >= 0.6 is 11.6 Å². The molecule has 0 saturated carbocycles. The maximum Gasteiger partial charge on any atom is 0.316 e. The van der Waals surface area contributed by atoms with Crippen molar-refractivity contribution in [2.75, 3.05) is 13.2 Å². The Kier molecular flexibility index (Phi) is 4.03. The van der Waals surface area contributed by atoms with Crippen LogP contribution in [0.4, 0.5) is 5.69 Å². The van der Waals surface area contributed by atoms with Crippen molar-refractivity contribution in [3.8, 4) is 11.5 Å². The number of nitrogens with zero attached hydrogens (tertiary/aromatic N) is 1. The average molecular weight is 304 g/mol. The second kappa shape index (κ2) is 5.43. The van der Waals surface area contributed by atoms with Crippen molar-refractivity contribution in [3.05, 3.63) is 27.3 Å². The number of nitro benzene ring substituents is 1. The number of rotatable bonds is 4. The third-order valence-electron chi connectivity index (χ3n) is 2.71. The molecule has 1 aliphatic heterocycles. The van der Waals surface area contributed by atoms with E-state index in [1.54, 1.807) is 13.8 Å². The zero-order valence-electron chi connectivity index (χ0n) is 11.0. The first kappa shape index (κ1) is 14.8. The largest absolute Gasteiger partial charge is 0.500 e. The summed E-state index contributed by atoms with van der Waals surface area (Å²) >= 11 is 5.76. The van der Waals surface area contributed by atoms with Crippen LogP contribution in [0.2, 0.25) is 5.02 Å². The number of nitro groups is 1. The highest BCUT2D eigenvalue weighted by molar-refractivity contribution is 6.31. The summed E-state index contributed by atoms with van der Waals surface area (Å²) in [6, 6.07) is 2.37. The number of hydrogen-bond acceptors (Lipinski definition) is 6. The summed E-state index contributed by atoms with van der Waals surface area (Å²) in [6.07, 6.45) is -0.317. The molecule has 1 fully saturated rings. The van der Waals surface area contributed by atoms with E-state index >= 15 is 0 Å². The lowest BCUT2D eigenvalue weighted by atomic mass is 10.2. The molecule has 0 amide bonds. The quantitative estimate of drug-likeness (QED) is 0.678. The van der Waals surface area contributed by atoms with Crippen LogP contribution < -0.4 is 4.74 Å². The van der Waals surface area contributed by atoms with Gasteiger partial charge in [-0.25, -0.2) is 0 Å². The standard InChI is InChI=1S/C12H14ClNO6/c1-12(2)19-6-8(20-12)5-18-10-4-7(13)3-9(11(10)15)14(16)17/h3-4,8,15H,5-6H2,1-2H3. The van der Waals surface area contributed by atoms with E-state index in [0.717, 1.165) is 6.07 Å². The molecule has 8 heteroatoms. The van der Waals surface area contributed by atoms with Gasteiger partial charge in [-0.1, -0.05) is 11.6 Å². The van der Waals surface area contributed by atoms with Crippen LogP contribution in [0, 0.1) is 10.1 Å². The molecule has 1 saturated heterocycles. The Morgan fingerprint density at radius 1 is 1.60 bits per heavy atom. The maximum atomic E-state index is 10.8. The third-order valence-corrected chi connectivity index (χ3v) is 2.93. The molecule has 110 valence electrons. The first-order chi connectivity index (χ1) is 9.28. The molecule has 1 aromatic rings. The van der Waals surface area contributed by atoms with E-state index < -0.39 is 22.1 Å². The molecular formula is C12H14ClNO6. The summed E-state index contributed by atoms with van der Waals surface area (Å²) in [5.74, 6) is -1.30. The van der Waals surface area contributed by atoms with Gasteiger partial charge in [0.1, 0.15) is 12.7 Å². The van der Waals surface area contributed by atoms with Crippen molar-refractivity contribution in [1.29, 1.82) is 0 Å². The Hall–Kier alpha value is -1.57. The van der Waals surface area contributed by atoms with Crippen LogP contribution in [0.25, 0.3) is 0 Å². The summed E-state index contributed by atoms with van der Waals surface area (Å²) in [7, 11) is 0. The van der Waals surface area contributed by atoms with Crippen LogP contribution in [0.3, 0.4) is 0 Å². The zero-order chi connectivity index (χ0) is 14.9. The fraction of sp³-hybridized carbons (Fsp3) is 0.500. The summed E-state index contributed by atoms with van der Waals surface area (Å²) < 4.78 is 16.2. The molecule has 1 aromatic carbocycles. The average Bonchev–Trinajstić information content (AvgIpc) is 2.69. The lowest BCUT2D eigenvalue weighted by molar-refractivity contribution is -0.385. The molecule has 2 rings (SSSR count). The van der Waals surface area contributed by atoms with E-state index in [9.17, 15) is 15.2 Å². The second-order valence-corrected chi connectivity index (χ2v) is 5.23. The number of benzene rings is 1. The smallest absolute Gasteiger partial charge is 0.316 e. The second-order valence-electron chi connectivity index (χ2n) is 4.79. The van der Waals surface area contributed by atoms with Gasteiger partial charge < -0.3 is 19.3 Å². The van der Waals surface area contributed by atoms with Crippen LogP contribution in [0.5, 0.6) is 11.5 Å². The van der Waals surface area contributed by atoms with Gasteiger partial charge in [0.05, 0.1) is 16.6 Å². The van der Waals surface area contributed by atoms with Gasteiger partial charge in [0, 0.05) is 12.1 Å². The molecular weight excluding hydrogens is 290 g/mol. The molecule has 0 aliphatic carbocycles. The Bertz CT molecular complexity index is 533. The molecule has 1 atom stereocenters. The topological polar surface area (TPSA) is 91.1 Å². The van der Waals surface area contributed by atoms with Gasteiger partial charge in [-0.05, 0) is 13.8 Å². The minimum absolute atomic E-state index is 0.0579. The van der Waals surface area contributed by atoms with Crippen LogP contribution in [0.1, 0.15) is 13.8 Å². The number of halogens is 1. The Labute approximate surface area is 120 Å². The zero-order valence-corrected chi connectivity index (χ0v) is 11.7. The first-order valence-corrected chi connectivity index (χ1v) is 6.28. The summed E-state index contributed by atoms with van der Waals surface area (Å²) in [6.45, 7) is 3.98. The number of aromatic hydroxyl groups is 1. The van der Waals surface area contributed by atoms with Crippen molar-refractivity contribution >= 4 is 17.3 Å². The van der Waals surface area contributed by atoms with Crippen LogP contribution in [-0.4, -0.2) is 35.1 Å². The molecule has 0 aromatic heterocycles. The van der Waals surface area contributed by atoms with Gasteiger partial charge in [0.15, 0.2) is 11.5 Å².